The van der Waals surface area contributed by atoms with Crippen molar-refractivity contribution in [1.82, 2.24) is 9.55 Å². The number of carbonyl (C=O) groups is 1. The minimum atomic E-state index is 0.594. The van der Waals surface area contributed by atoms with Crippen LogP contribution >= 0.6 is 0 Å². The molecular formula is C14H16N2O2. The van der Waals surface area contributed by atoms with E-state index in [1.807, 2.05) is 45.2 Å². The monoisotopic (exact) mass is 244 g/mol. The van der Waals surface area contributed by atoms with Gasteiger partial charge in [-0.3, -0.25) is 4.79 Å². The minimum absolute atomic E-state index is 0.594. The van der Waals surface area contributed by atoms with Crippen molar-refractivity contribution in [2.45, 2.75) is 13.8 Å². The summed E-state index contributed by atoms with van der Waals surface area (Å²) < 4.78 is 7.18. The number of hydrogen-bond donors (Lipinski definition) is 0. The molecule has 0 saturated heterocycles. The summed E-state index contributed by atoms with van der Waals surface area (Å²) in [6.45, 7) is 4.47. The molecule has 18 heavy (non-hydrogen) atoms. The molecule has 0 aliphatic carbocycles. The highest BCUT2D eigenvalue weighted by atomic mass is 16.5. The van der Waals surface area contributed by atoms with Gasteiger partial charge in [0.05, 0.1) is 12.3 Å². The molecule has 4 heteroatoms. The van der Waals surface area contributed by atoms with Crippen molar-refractivity contribution in [2.24, 2.45) is 7.05 Å². The van der Waals surface area contributed by atoms with E-state index in [-0.39, 0.29) is 0 Å². The lowest BCUT2D eigenvalue weighted by Gasteiger charge is -2.04. The normalized spacial score (nSPS) is 10.4. The Bertz CT molecular complexity index is 556. The number of aromatic nitrogens is 2. The van der Waals surface area contributed by atoms with Gasteiger partial charge in [-0.2, -0.15) is 0 Å². The van der Waals surface area contributed by atoms with E-state index in [1.54, 1.807) is 4.57 Å². The van der Waals surface area contributed by atoms with E-state index in [4.69, 9.17) is 4.74 Å². The third kappa shape index (κ3) is 2.14. The van der Waals surface area contributed by atoms with Crippen molar-refractivity contribution in [3.63, 3.8) is 0 Å². The van der Waals surface area contributed by atoms with Crippen LogP contribution in [-0.2, 0) is 7.05 Å². The van der Waals surface area contributed by atoms with Crippen LogP contribution in [0.2, 0.25) is 0 Å². The number of nitrogens with zero attached hydrogens (tertiary/aromatic N) is 2. The van der Waals surface area contributed by atoms with E-state index in [1.165, 1.54) is 0 Å². The van der Waals surface area contributed by atoms with Crippen molar-refractivity contribution in [2.75, 3.05) is 6.61 Å². The Labute approximate surface area is 106 Å². The van der Waals surface area contributed by atoms with Gasteiger partial charge in [-0.1, -0.05) is 0 Å². The van der Waals surface area contributed by atoms with Crippen molar-refractivity contribution >= 4 is 6.29 Å². The molecule has 94 valence electrons. The van der Waals surface area contributed by atoms with E-state index < -0.39 is 0 Å². The van der Waals surface area contributed by atoms with Gasteiger partial charge in [-0.15, -0.1) is 0 Å². The van der Waals surface area contributed by atoms with Crippen molar-refractivity contribution in [1.29, 1.82) is 0 Å². The quantitative estimate of drug-likeness (QED) is 0.776. The van der Waals surface area contributed by atoms with Gasteiger partial charge in [0.1, 0.15) is 17.3 Å². The number of aldehydes is 1. The van der Waals surface area contributed by atoms with Crippen LogP contribution in [0.15, 0.2) is 24.3 Å². The average Bonchev–Trinajstić information content (AvgIpc) is 2.67. The zero-order valence-electron chi connectivity index (χ0n) is 10.8. The summed E-state index contributed by atoms with van der Waals surface area (Å²) in [7, 11) is 1.84. The first-order chi connectivity index (χ1) is 8.67. The second kappa shape index (κ2) is 5.04. The predicted molar refractivity (Wildman–Crippen MR) is 69.9 cm³/mol. The summed E-state index contributed by atoms with van der Waals surface area (Å²) >= 11 is 0. The highest BCUT2D eigenvalue weighted by molar-refractivity contribution is 5.84. The standard InChI is InChI=1S/C14H16N2O2/c1-4-18-12-7-5-11(6-8-12)14-13(9-17)16(3)10(2)15-14/h5-9H,4H2,1-3H3. The van der Waals surface area contributed by atoms with Gasteiger partial charge in [0.25, 0.3) is 0 Å². The summed E-state index contributed by atoms with van der Waals surface area (Å²) in [5.41, 5.74) is 2.23. The van der Waals surface area contributed by atoms with Gasteiger partial charge in [0, 0.05) is 12.6 Å². The second-order valence-corrected chi connectivity index (χ2v) is 4.03. The van der Waals surface area contributed by atoms with Crippen LogP contribution in [0, 0.1) is 6.92 Å². The molecule has 1 heterocycles. The van der Waals surface area contributed by atoms with Crippen LogP contribution in [0.1, 0.15) is 23.2 Å². The molecule has 0 spiro atoms. The number of benzene rings is 1. The zero-order chi connectivity index (χ0) is 13.1. The maximum Gasteiger partial charge on any atom is 0.168 e. The van der Waals surface area contributed by atoms with E-state index in [0.29, 0.717) is 18.0 Å². The molecule has 1 aromatic carbocycles. The van der Waals surface area contributed by atoms with Crippen LogP contribution in [-0.4, -0.2) is 22.4 Å². The van der Waals surface area contributed by atoms with Gasteiger partial charge in [0.15, 0.2) is 6.29 Å². The predicted octanol–water partition coefficient (Wildman–Crippen LogP) is 2.61. The molecule has 0 amide bonds. The number of ether oxygens (including phenoxy) is 1. The van der Waals surface area contributed by atoms with E-state index in [0.717, 1.165) is 23.4 Å². The summed E-state index contributed by atoms with van der Waals surface area (Å²) in [4.78, 5) is 15.5. The number of carbonyl (C=O) groups excluding carboxylic acids is 1. The van der Waals surface area contributed by atoms with E-state index in [9.17, 15) is 4.79 Å². The molecule has 0 radical (unpaired) electrons. The fourth-order valence-corrected chi connectivity index (χ4v) is 1.85. The third-order valence-corrected chi connectivity index (χ3v) is 2.91. The second-order valence-electron chi connectivity index (χ2n) is 4.03. The molecule has 0 bridgehead atoms. The average molecular weight is 244 g/mol. The maximum absolute atomic E-state index is 11.1. The summed E-state index contributed by atoms with van der Waals surface area (Å²) in [5.74, 6) is 1.64. The summed E-state index contributed by atoms with van der Waals surface area (Å²) in [5, 5.41) is 0. The highest BCUT2D eigenvalue weighted by Crippen LogP contribution is 2.24. The molecular weight excluding hydrogens is 228 g/mol. The number of imidazole rings is 1. The lowest BCUT2D eigenvalue weighted by molar-refractivity contribution is 0.111. The Hall–Kier alpha value is -2.10. The Morgan fingerprint density at radius 2 is 2.00 bits per heavy atom. The van der Waals surface area contributed by atoms with Gasteiger partial charge in [-0.25, -0.2) is 4.98 Å². The van der Waals surface area contributed by atoms with Gasteiger partial charge in [-0.05, 0) is 38.1 Å². The first-order valence-electron chi connectivity index (χ1n) is 5.89. The Morgan fingerprint density at radius 3 is 2.56 bits per heavy atom. The lowest BCUT2D eigenvalue weighted by Crippen LogP contribution is -1.97. The Morgan fingerprint density at radius 1 is 1.33 bits per heavy atom. The van der Waals surface area contributed by atoms with Crippen molar-refractivity contribution in [3.05, 3.63) is 35.8 Å². The van der Waals surface area contributed by atoms with Crippen molar-refractivity contribution < 1.29 is 9.53 Å². The largest absolute Gasteiger partial charge is 0.494 e. The third-order valence-electron chi connectivity index (χ3n) is 2.91. The smallest absolute Gasteiger partial charge is 0.168 e. The fourth-order valence-electron chi connectivity index (χ4n) is 1.85. The van der Waals surface area contributed by atoms with Crippen LogP contribution < -0.4 is 4.74 Å². The molecule has 1 aromatic heterocycles. The van der Waals surface area contributed by atoms with Crippen LogP contribution in [0.25, 0.3) is 11.3 Å². The fraction of sp³-hybridized carbons (Fsp3) is 0.286. The molecule has 0 aliphatic heterocycles. The van der Waals surface area contributed by atoms with Crippen LogP contribution in [0.4, 0.5) is 0 Å². The molecule has 4 nitrogen and oxygen atoms in total. The molecule has 0 N–H and O–H groups in total. The Balaban J connectivity index is 2.42. The molecule has 2 rings (SSSR count). The van der Waals surface area contributed by atoms with Gasteiger partial charge >= 0.3 is 0 Å². The first-order valence-corrected chi connectivity index (χ1v) is 5.89. The lowest BCUT2D eigenvalue weighted by atomic mass is 10.1. The molecule has 0 atom stereocenters. The van der Waals surface area contributed by atoms with Crippen LogP contribution in [0.5, 0.6) is 5.75 Å². The minimum Gasteiger partial charge on any atom is -0.494 e. The maximum atomic E-state index is 11.1. The van der Waals surface area contributed by atoms with E-state index in [2.05, 4.69) is 4.98 Å². The number of rotatable bonds is 4. The van der Waals surface area contributed by atoms with Gasteiger partial charge in [0.2, 0.25) is 0 Å². The molecule has 0 aliphatic rings. The number of aryl methyl sites for hydroxylation is 1. The topological polar surface area (TPSA) is 44.1 Å². The number of hydrogen-bond acceptors (Lipinski definition) is 3. The molecule has 0 saturated carbocycles. The molecule has 0 unspecified atom stereocenters. The van der Waals surface area contributed by atoms with Gasteiger partial charge < -0.3 is 9.30 Å². The Kier molecular flexibility index (Phi) is 3.46. The SMILES string of the molecule is CCOc1ccc(-c2nc(C)n(C)c2C=O)cc1. The summed E-state index contributed by atoms with van der Waals surface area (Å²) in [6.07, 6.45) is 0.839. The first kappa shape index (κ1) is 12.4. The molecule has 2 aromatic rings. The summed E-state index contributed by atoms with van der Waals surface area (Å²) in [6, 6.07) is 7.61. The van der Waals surface area contributed by atoms with Crippen LogP contribution in [0.3, 0.4) is 0 Å². The molecule has 0 fully saturated rings. The van der Waals surface area contributed by atoms with Crippen molar-refractivity contribution in [3.8, 4) is 17.0 Å². The highest BCUT2D eigenvalue weighted by Gasteiger charge is 2.13. The van der Waals surface area contributed by atoms with E-state index >= 15 is 0 Å². The zero-order valence-corrected chi connectivity index (χ0v) is 10.8.